The summed E-state index contributed by atoms with van der Waals surface area (Å²) in [5, 5.41) is 9.31. The van der Waals surface area contributed by atoms with Crippen LogP contribution in [0.5, 0.6) is 0 Å². The van der Waals surface area contributed by atoms with E-state index in [1.165, 1.54) is 16.8 Å². The van der Waals surface area contributed by atoms with E-state index in [-0.39, 0.29) is 16.5 Å². The third kappa shape index (κ3) is 2.84. The molecule has 1 aromatic heterocycles. The average molecular weight is 318 g/mol. The third-order valence-corrected chi connectivity index (χ3v) is 4.37. The fourth-order valence-corrected chi connectivity index (χ4v) is 3.23. The molecule has 0 aliphatic rings. The molecule has 0 unspecified atom stereocenters. The average Bonchev–Trinajstić information content (AvgIpc) is 2.58. The van der Waals surface area contributed by atoms with E-state index in [2.05, 4.69) is 5.10 Å². The number of rotatable bonds is 3. The number of benzene rings is 1. The van der Waals surface area contributed by atoms with Gasteiger partial charge >= 0.3 is 0 Å². The van der Waals surface area contributed by atoms with Gasteiger partial charge in [-0.3, -0.25) is 4.68 Å². The van der Waals surface area contributed by atoms with E-state index in [0.29, 0.717) is 17.0 Å². The second kappa shape index (κ2) is 5.16. The van der Waals surface area contributed by atoms with Gasteiger partial charge in [0.1, 0.15) is 10.7 Å². The molecule has 1 heterocycles. The molecule has 0 amide bonds. The van der Waals surface area contributed by atoms with Gasteiger partial charge in [0.05, 0.1) is 23.0 Å². The fraction of sp³-hybridized carbons (Fsp3) is 0.250. The van der Waals surface area contributed by atoms with Crippen LogP contribution in [0.15, 0.2) is 23.1 Å². The Morgan fingerprint density at radius 3 is 2.55 bits per heavy atom. The zero-order chi connectivity index (χ0) is 15.1. The van der Waals surface area contributed by atoms with Crippen LogP contribution in [0.3, 0.4) is 0 Å². The summed E-state index contributed by atoms with van der Waals surface area (Å²) in [6.07, 6.45) is 0. The second-order valence-corrected chi connectivity index (χ2v) is 6.36. The van der Waals surface area contributed by atoms with Crippen LogP contribution < -0.4 is 5.14 Å². The van der Waals surface area contributed by atoms with Crippen molar-refractivity contribution in [2.24, 2.45) is 5.14 Å². The largest absolute Gasteiger partial charge is 0.264 e. The zero-order valence-electron chi connectivity index (χ0n) is 10.9. The Morgan fingerprint density at radius 1 is 1.40 bits per heavy atom. The molecule has 0 saturated heterocycles. The van der Waals surface area contributed by atoms with Crippen LogP contribution >= 0.6 is 11.6 Å². The molecule has 0 spiro atoms. The summed E-state index contributed by atoms with van der Waals surface area (Å²) in [6.45, 7) is 3.47. The number of hydrogen-bond acceptors (Lipinski definition) is 3. The minimum absolute atomic E-state index is 0.00991. The van der Waals surface area contributed by atoms with Crippen LogP contribution in [-0.2, 0) is 16.6 Å². The minimum Gasteiger partial charge on any atom is -0.264 e. The Labute approximate surface area is 121 Å². The van der Waals surface area contributed by atoms with Gasteiger partial charge in [-0.1, -0.05) is 17.7 Å². The molecule has 108 valence electrons. The fourth-order valence-electron chi connectivity index (χ4n) is 2.06. The molecule has 0 aliphatic heterocycles. The predicted molar refractivity (Wildman–Crippen MR) is 73.6 cm³/mol. The Kier molecular flexibility index (Phi) is 3.86. The minimum atomic E-state index is -3.82. The molecule has 0 saturated carbocycles. The van der Waals surface area contributed by atoms with Crippen LogP contribution in [0.4, 0.5) is 4.39 Å². The van der Waals surface area contributed by atoms with Gasteiger partial charge in [0.2, 0.25) is 10.0 Å². The topological polar surface area (TPSA) is 78.0 Å². The molecule has 0 fully saturated rings. The number of nitrogens with zero attached hydrogens (tertiary/aromatic N) is 2. The summed E-state index contributed by atoms with van der Waals surface area (Å²) in [5.41, 5.74) is 1.48. The van der Waals surface area contributed by atoms with Crippen LogP contribution in [-0.4, -0.2) is 18.2 Å². The predicted octanol–water partition coefficient (Wildman–Crippen LogP) is 1.99. The standard InChI is InChI=1S/C12H13ClFN3O2S/c1-7-12(20(15,18)19)8(2)17(16-7)6-9-3-4-11(14)10(13)5-9/h3-5H,6H2,1-2H3,(H2,15,18,19). The number of nitrogens with two attached hydrogens (primary N) is 1. The van der Waals surface area contributed by atoms with Gasteiger partial charge in [-0.05, 0) is 31.5 Å². The van der Waals surface area contributed by atoms with E-state index in [9.17, 15) is 12.8 Å². The zero-order valence-corrected chi connectivity index (χ0v) is 12.5. The van der Waals surface area contributed by atoms with Crippen molar-refractivity contribution in [1.29, 1.82) is 0 Å². The van der Waals surface area contributed by atoms with Crippen molar-refractivity contribution in [3.05, 3.63) is 46.0 Å². The first-order chi connectivity index (χ1) is 9.20. The van der Waals surface area contributed by atoms with Crippen molar-refractivity contribution in [3.63, 3.8) is 0 Å². The van der Waals surface area contributed by atoms with Crippen molar-refractivity contribution in [2.75, 3.05) is 0 Å². The lowest BCUT2D eigenvalue weighted by atomic mass is 10.2. The Hall–Kier alpha value is -1.44. The molecule has 2 N–H and O–H groups in total. The quantitative estimate of drug-likeness (QED) is 0.940. The number of aryl methyl sites for hydroxylation is 1. The van der Waals surface area contributed by atoms with Crippen LogP contribution in [0.25, 0.3) is 0 Å². The number of sulfonamides is 1. The monoisotopic (exact) mass is 317 g/mol. The maximum Gasteiger partial charge on any atom is 0.241 e. The second-order valence-electron chi connectivity index (χ2n) is 4.45. The molecule has 2 aromatic rings. The molecular formula is C12H13ClFN3O2S. The van der Waals surface area contributed by atoms with Crippen LogP contribution in [0.1, 0.15) is 17.0 Å². The molecule has 2 rings (SSSR count). The number of primary sulfonamides is 1. The molecule has 8 heteroatoms. The van der Waals surface area contributed by atoms with E-state index in [4.69, 9.17) is 16.7 Å². The first-order valence-corrected chi connectivity index (χ1v) is 7.63. The lowest BCUT2D eigenvalue weighted by Gasteiger charge is -2.06. The van der Waals surface area contributed by atoms with Gasteiger partial charge in [-0.2, -0.15) is 5.10 Å². The van der Waals surface area contributed by atoms with Crippen molar-refractivity contribution in [3.8, 4) is 0 Å². The van der Waals surface area contributed by atoms with E-state index >= 15 is 0 Å². The number of aromatic nitrogens is 2. The van der Waals surface area contributed by atoms with Gasteiger partial charge in [0.15, 0.2) is 0 Å². The smallest absolute Gasteiger partial charge is 0.241 e. The lowest BCUT2D eigenvalue weighted by molar-refractivity contribution is 0.595. The Balaban J connectivity index is 2.43. The maximum absolute atomic E-state index is 13.1. The van der Waals surface area contributed by atoms with Gasteiger partial charge in [0, 0.05) is 0 Å². The van der Waals surface area contributed by atoms with Crippen molar-refractivity contribution >= 4 is 21.6 Å². The van der Waals surface area contributed by atoms with Crippen molar-refractivity contribution in [1.82, 2.24) is 9.78 Å². The van der Waals surface area contributed by atoms with Gasteiger partial charge in [0.25, 0.3) is 0 Å². The summed E-state index contributed by atoms with van der Waals surface area (Å²) < 4.78 is 37.6. The normalized spacial score (nSPS) is 11.8. The molecule has 5 nitrogen and oxygen atoms in total. The van der Waals surface area contributed by atoms with E-state index in [1.807, 2.05) is 0 Å². The molecule has 1 aromatic carbocycles. The van der Waals surface area contributed by atoms with Crippen LogP contribution in [0, 0.1) is 19.7 Å². The summed E-state index contributed by atoms with van der Waals surface area (Å²) in [5.74, 6) is -0.506. The Morgan fingerprint density at radius 2 is 2.05 bits per heavy atom. The van der Waals surface area contributed by atoms with E-state index in [1.54, 1.807) is 19.9 Å². The highest BCUT2D eigenvalue weighted by Gasteiger charge is 2.21. The van der Waals surface area contributed by atoms with Crippen molar-refractivity contribution < 1.29 is 12.8 Å². The molecule has 0 bridgehead atoms. The van der Waals surface area contributed by atoms with Gasteiger partial charge in [-0.25, -0.2) is 17.9 Å². The third-order valence-electron chi connectivity index (χ3n) is 2.92. The number of hydrogen-bond donors (Lipinski definition) is 1. The summed E-state index contributed by atoms with van der Waals surface area (Å²) in [4.78, 5) is 0.0192. The highest BCUT2D eigenvalue weighted by atomic mass is 35.5. The van der Waals surface area contributed by atoms with Gasteiger partial charge in [-0.15, -0.1) is 0 Å². The first-order valence-electron chi connectivity index (χ1n) is 5.71. The van der Waals surface area contributed by atoms with Gasteiger partial charge < -0.3 is 0 Å². The first kappa shape index (κ1) is 15.0. The Bertz CT molecular complexity index is 771. The lowest BCUT2D eigenvalue weighted by Crippen LogP contribution is -2.14. The molecule has 0 atom stereocenters. The van der Waals surface area contributed by atoms with E-state index < -0.39 is 15.8 Å². The molecule has 0 radical (unpaired) electrons. The molecule has 0 aliphatic carbocycles. The summed E-state index contributed by atoms with van der Waals surface area (Å²) >= 11 is 5.71. The molecule has 20 heavy (non-hydrogen) atoms. The highest BCUT2D eigenvalue weighted by Crippen LogP contribution is 2.21. The SMILES string of the molecule is Cc1nn(Cc2ccc(F)c(Cl)c2)c(C)c1S(N)(=O)=O. The molecular weight excluding hydrogens is 305 g/mol. The van der Waals surface area contributed by atoms with Crippen LogP contribution in [0.2, 0.25) is 5.02 Å². The van der Waals surface area contributed by atoms with E-state index in [0.717, 1.165) is 0 Å². The summed E-state index contributed by atoms with van der Waals surface area (Å²) in [6, 6.07) is 4.29. The highest BCUT2D eigenvalue weighted by molar-refractivity contribution is 7.89. The maximum atomic E-state index is 13.1. The van der Waals surface area contributed by atoms with Crippen molar-refractivity contribution in [2.45, 2.75) is 25.3 Å². The number of halogens is 2. The summed E-state index contributed by atoms with van der Waals surface area (Å²) in [7, 11) is -3.82.